The molecule has 0 aliphatic carbocycles. The van der Waals surface area contributed by atoms with Crippen LogP contribution < -0.4 is 21.0 Å². The number of benzene rings is 2. The van der Waals surface area contributed by atoms with E-state index >= 15 is 0 Å². The minimum atomic E-state index is -4.66. The highest BCUT2D eigenvalue weighted by atomic mass is 35.5. The monoisotopic (exact) mass is 500 g/mol. The molecule has 0 unspecified atom stereocenters. The first-order chi connectivity index (χ1) is 16.2. The first-order valence-corrected chi connectivity index (χ1v) is 11.6. The fourth-order valence-corrected chi connectivity index (χ4v) is 4.88. The Labute approximate surface area is 198 Å². The van der Waals surface area contributed by atoms with Gasteiger partial charge in [0.05, 0.1) is 34.8 Å². The Balaban J connectivity index is 2.13. The number of hydrogen-bond donors (Lipinski definition) is 0. The predicted octanol–water partition coefficient (Wildman–Crippen LogP) is 2.27. The summed E-state index contributed by atoms with van der Waals surface area (Å²) in [6.07, 6.45) is 2.78. The zero-order chi connectivity index (χ0) is 24.6. The van der Waals surface area contributed by atoms with E-state index in [-0.39, 0.29) is 30.5 Å². The SMILES string of the molecule is COc1ccc(S(=O)(=O)n2c(=O)c3ccc(Cl)cc3n(N(C(C)=O)c3cccnc3)c2=O)cc1. The average molecular weight is 501 g/mol. The van der Waals surface area contributed by atoms with Gasteiger partial charge in [0.1, 0.15) is 5.75 Å². The Morgan fingerprint density at radius 1 is 1.09 bits per heavy atom. The van der Waals surface area contributed by atoms with Crippen molar-refractivity contribution in [3.8, 4) is 5.75 Å². The van der Waals surface area contributed by atoms with Crippen LogP contribution in [0, 0.1) is 0 Å². The maximum absolute atomic E-state index is 13.6. The van der Waals surface area contributed by atoms with Crippen LogP contribution in [0.25, 0.3) is 10.9 Å². The van der Waals surface area contributed by atoms with Gasteiger partial charge in [-0.15, -0.1) is 3.97 Å². The van der Waals surface area contributed by atoms with Crippen LogP contribution in [0.2, 0.25) is 5.02 Å². The Hall–Kier alpha value is -3.96. The largest absolute Gasteiger partial charge is 0.497 e. The molecule has 0 spiro atoms. The second-order valence-electron chi connectivity index (χ2n) is 7.05. The normalized spacial score (nSPS) is 11.4. The molecule has 34 heavy (non-hydrogen) atoms. The number of methoxy groups -OCH3 is 1. The van der Waals surface area contributed by atoms with Crippen molar-refractivity contribution in [2.24, 2.45) is 0 Å². The molecule has 4 rings (SSSR count). The van der Waals surface area contributed by atoms with Gasteiger partial charge in [-0.05, 0) is 54.6 Å². The first-order valence-electron chi connectivity index (χ1n) is 9.75. The van der Waals surface area contributed by atoms with Crippen LogP contribution in [0.3, 0.4) is 0 Å². The number of anilines is 1. The van der Waals surface area contributed by atoms with Gasteiger partial charge in [-0.2, -0.15) is 4.68 Å². The number of fused-ring (bicyclic) bond motifs is 1. The Kier molecular flexibility index (Phi) is 5.98. The number of carbonyl (C=O) groups is 1. The van der Waals surface area contributed by atoms with E-state index in [1.165, 1.54) is 81.0 Å². The Morgan fingerprint density at radius 2 is 1.79 bits per heavy atom. The van der Waals surface area contributed by atoms with Gasteiger partial charge in [0.15, 0.2) is 0 Å². The number of aromatic nitrogens is 3. The number of ether oxygens (including phenoxy) is 1. The van der Waals surface area contributed by atoms with Crippen molar-refractivity contribution in [3.63, 3.8) is 0 Å². The maximum Gasteiger partial charge on any atom is 0.365 e. The molecular weight excluding hydrogens is 484 g/mol. The molecule has 0 radical (unpaired) electrons. The van der Waals surface area contributed by atoms with Crippen molar-refractivity contribution in [1.82, 2.24) is 13.6 Å². The van der Waals surface area contributed by atoms with E-state index in [9.17, 15) is 22.8 Å². The van der Waals surface area contributed by atoms with E-state index in [2.05, 4.69) is 4.98 Å². The molecule has 0 aliphatic heterocycles. The van der Waals surface area contributed by atoms with Crippen LogP contribution in [-0.4, -0.2) is 35.1 Å². The topological polar surface area (TPSA) is 121 Å². The molecule has 0 N–H and O–H groups in total. The van der Waals surface area contributed by atoms with Gasteiger partial charge >= 0.3 is 5.69 Å². The van der Waals surface area contributed by atoms with Gasteiger partial charge in [0.2, 0.25) is 5.91 Å². The van der Waals surface area contributed by atoms with E-state index in [4.69, 9.17) is 16.3 Å². The standard InChI is InChI=1S/C22H17ClN4O6S/c1-14(28)25(16-4-3-11-24-13-16)26-20-12-15(23)5-10-19(20)21(29)27(22(26)30)34(31,32)18-8-6-17(33-2)7-9-18/h3-13H,1-2H3. The summed E-state index contributed by atoms with van der Waals surface area (Å²) in [6, 6.07) is 12.2. The first kappa shape index (κ1) is 23.2. The Morgan fingerprint density at radius 3 is 2.38 bits per heavy atom. The molecule has 0 atom stereocenters. The van der Waals surface area contributed by atoms with E-state index < -0.39 is 27.2 Å². The van der Waals surface area contributed by atoms with Gasteiger partial charge in [0, 0.05) is 18.1 Å². The number of carbonyl (C=O) groups excluding carboxylic acids is 1. The highest BCUT2D eigenvalue weighted by Crippen LogP contribution is 2.22. The number of hydrogen-bond acceptors (Lipinski definition) is 7. The molecule has 2 aromatic carbocycles. The summed E-state index contributed by atoms with van der Waals surface area (Å²) >= 11 is 6.11. The lowest BCUT2D eigenvalue weighted by Gasteiger charge is -2.25. The molecule has 1 amide bonds. The summed E-state index contributed by atoms with van der Waals surface area (Å²) in [6.45, 7) is 1.18. The minimum absolute atomic E-state index is 0.0530. The van der Waals surface area contributed by atoms with Crippen molar-refractivity contribution >= 4 is 44.1 Å². The lowest BCUT2D eigenvalue weighted by atomic mass is 10.2. The molecule has 0 aliphatic rings. The van der Waals surface area contributed by atoms with Crippen molar-refractivity contribution in [3.05, 3.63) is 92.9 Å². The third kappa shape index (κ3) is 3.84. The molecule has 0 bridgehead atoms. The van der Waals surface area contributed by atoms with Gasteiger partial charge in [-0.25, -0.2) is 18.2 Å². The van der Waals surface area contributed by atoms with Crippen molar-refractivity contribution in [2.45, 2.75) is 11.8 Å². The van der Waals surface area contributed by atoms with Crippen LogP contribution in [0.4, 0.5) is 5.69 Å². The average Bonchev–Trinajstić information content (AvgIpc) is 2.81. The molecule has 10 nitrogen and oxygen atoms in total. The maximum atomic E-state index is 13.6. The summed E-state index contributed by atoms with van der Waals surface area (Å²) in [5.74, 6) is -0.250. The summed E-state index contributed by atoms with van der Waals surface area (Å²) in [5, 5.41) is 0.953. The van der Waals surface area contributed by atoms with Crippen LogP contribution in [0.15, 0.2) is 81.5 Å². The second kappa shape index (κ2) is 8.76. The molecular formula is C22H17ClN4O6S. The molecule has 2 heterocycles. The quantitative estimate of drug-likeness (QED) is 0.412. The van der Waals surface area contributed by atoms with Crippen molar-refractivity contribution in [1.29, 1.82) is 0 Å². The van der Waals surface area contributed by atoms with Crippen molar-refractivity contribution in [2.75, 3.05) is 12.1 Å². The molecule has 12 heteroatoms. The van der Waals surface area contributed by atoms with Crippen LogP contribution >= 0.6 is 11.6 Å². The number of nitrogens with zero attached hydrogens (tertiary/aromatic N) is 4. The predicted molar refractivity (Wildman–Crippen MR) is 126 cm³/mol. The lowest BCUT2D eigenvalue weighted by Crippen LogP contribution is -2.51. The zero-order valence-corrected chi connectivity index (χ0v) is 19.4. The summed E-state index contributed by atoms with van der Waals surface area (Å²) in [4.78, 5) is 43.2. The number of rotatable bonds is 5. The smallest absolute Gasteiger partial charge is 0.365 e. The fourth-order valence-electron chi connectivity index (χ4n) is 3.42. The van der Waals surface area contributed by atoms with Crippen LogP contribution in [0.5, 0.6) is 5.75 Å². The summed E-state index contributed by atoms with van der Waals surface area (Å²) < 4.78 is 32.8. The third-order valence-corrected chi connectivity index (χ3v) is 6.85. The molecule has 0 saturated carbocycles. The highest BCUT2D eigenvalue weighted by Gasteiger charge is 2.29. The second-order valence-corrected chi connectivity index (χ2v) is 9.27. The number of pyridine rings is 1. The highest BCUT2D eigenvalue weighted by molar-refractivity contribution is 7.90. The van der Waals surface area contributed by atoms with E-state index in [0.29, 0.717) is 5.75 Å². The molecule has 0 fully saturated rings. The summed E-state index contributed by atoms with van der Waals surface area (Å²) in [5.41, 5.74) is -2.25. The minimum Gasteiger partial charge on any atom is -0.497 e. The van der Waals surface area contributed by atoms with Crippen LogP contribution in [-0.2, 0) is 14.8 Å². The lowest BCUT2D eigenvalue weighted by molar-refractivity contribution is -0.117. The van der Waals surface area contributed by atoms with E-state index in [1.807, 2.05) is 0 Å². The van der Waals surface area contributed by atoms with E-state index in [0.717, 1.165) is 9.69 Å². The van der Waals surface area contributed by atoms with Gasteiger partial charge in [-0.3, -0.25) is 14.6 Å². The van der Waals surface area contributed by atoms with Gasteiger partial charge < -0.3 is 4.74 Å². The molecule has 174 valence electrons. The molecule has 0 saturated heterocycles. The van der Waals surface area contributed by atoms with Gasteiger partial charge in [-0.1, -0.05) is 11.6 Å². The Bertz CT molecular complexity index is 1630. The molecule has 2 aromatic heterocycles. The third-order valence-electron chi connectivity index (χ3n) is 4.94. The van der Waals surface area contributed by atoms with Crippen LogP contribution in [0.1, 0.15) is 6.92 Å². The van der Waals surface area contributed by atoms with E-state index in [1.54, 1.807) is 0 Å². The van der Waals surface area contributed by atoms with Crippen molar-refractivity contribution < 1.29 is 17.9 Å². The van der Waals surface area contributed by atoms with Gasteiger partial charge in [0.25, 0.3) is 15.6 Å². The zero-order valence-electron chi connectivity index (χ0n) is 17.9. The number of halogens is 1. The fraction of sp³-hybridized carbons (Fsp3) is 0.0909. The summed E-state index contributed by atoms with van der Waals surface area (Å²) in [7, 11) is -3.25. The molecule has 4 aromatic rings. The number of amides is 1.